The molecule has 80 valence electrons. The quantitative estimate of drug-likeness (QED) is 0.614. The Hall–Kier alpha value is -1.12. The van der Waals surface area contributed by atoms with Crippen molar-refractivity contribution < 1.29 is 10.0 Å². The molecule has 1 amide bonds. The van der Waals surface area contributed by atoms with E-state index in [0.717, 1.165) is 11.5 Å². The second kappa shape index (κ2) is 6.35. The number of rotatable bonds is 6. The first kappa shape index (κ1) is 12.9. The van der Waals surface area contributed by atoms with E-state index in [0.29, 0.717) is 12.8 Å². The second-order valence-corrected chi connectivity index (χ2v) is 3.14. The van der Waals surface area contributed by atoms with Crippen molar-refractivity contribution in [3.63, 3.8) is 0 Å². The van der Waals surface area contributed by atoms with Crippen molar-refractivity contribution in [2.75, 3.05) is 0 Å². The van der Waals surface area contributed by atoms with Gasteiger partial charge in [0.15, 0.2) is 0 Å². The smallest absolute Gasteiger partial charge is 0.237 e. The van der Waals surface area contributed by atoms with Gasteiger partial charge in [-0.25, -0.2) is 0 Å². The topological polar surface area (TPSA) is 90.3 Å². The Balaban J connectivity index is 4.50. The molecular weight excluding hydrogens is 182 g/mol. The minimum absolute atomic E-state index is 0.459. The van der Waals surface area contributed by atoms with Crippen LogP contribution in [0, 0.1) is 11.3 Å². The van der Waals surface area contributed by atoms with Crippen molar-refractivity contribution in [2.24, 2.45) is 5.73 Å². The minimum atomic E-state index is -0.760. The summed E-state index contributed by atoms with van der Waals surface area (Å²) in [5.41, 5.74) is 5.12. The summed E-state index contributed by atoms with van der Waals surface area (Å²) in [6.07, 6.45) is 1.65. The Kier molecular flexibility index (Phi) is 5.84. The molecular formula is C9H17N3O2. The summed E-state index contributed by atoms with van der Waals surface area (Å²) in [5.74, 6) is -0.594. The zero-order valence-electron chi connectivity index (χ0n) is 8.60. The molecule has 0 heterocycles. The fourth-order valence-corrected chi connectivity index (χ4v) is 1.23. The fraction of sp³-hybridized carbons (Fsp3) is 0.778. The lowest BCUT2D eigenvalue weighted by molar-refractivity contribution is -0.163. The second-order valence-electron chi connectivity index (χ2n) is 3.14. The molecule has 0 saturated heterocycles. The summed E-state index contributed by atoms with van der Waals surface area (Å²) in [5, 5.41) is 19.0. The van der Waals surface area contributed by atoms with Crippen LogP contribution in [-0.2, 0) is 4.79 Å². The van der Waals surface area contributed by atoms with Gasteiger partial charge in [0.1, 0.15) is 12.1 Å². The van der Waals surface area contributed by atoms with Gasteiger partial charge in [-0.05, 0) is 12.8 Å². The van der Waals surface area contributed by atoms with Gasteiger partial charge in [0.05, 0.1) is 6.07 Å². The normalized spacial score (nSPS) is 14.8. The van der Waals surface area contributed by atoms with Gasteiger partial charge < -0.3 is 10.9 Å². The summed E-state index contributed by atoms with van der Waals surface area (Å²) in [4.78, 5) is 11.0. The molecule has 5 nitrogen and oxygen atoms in total. The van der Waals surface area contributed by atoms with Crippen LogP contribution in [0.15, 0.2) is 0 Å². The molecule has 0 aromatic heterocycles. The molecule has 0 saturated carbocycles. The van der Waals surface area contributed by atoms with Crippen LogP contribution in [0.2, 0.25) is 0 Å². The van der Waals surface area contributed by atoms with E-state index in [1.54, 1.807) is 6.92 Å². The van der Waals surface area contributed by atoms with Gasteiger partial charge in [0, 0.05) is 0 Å². The molecule has 0 fully saturated rings. The van der Waals surface area contributed by atoms with Crippen LogP contribution in [0.25, 0.3) is 0 Å². The maximum Gasteiger partial charge on any atom is 0.237 e. The molecule has 0 aliphatic rings. The lowest BCUT2D eigenvalue weighted by atomic mass is 10.1. The first-order chi connectivity index (χ1) is 6.58. The molecule has 0 aromatic rings. The van der Waals surface area contributed by atoms with Crippen molar-refractivity contribution in [2.45, 2.75) is 45.2 Å². The number of nitriles is 1. The first-order valence-corrected chi connectivity index (χ1v) is 4.74. The highest BCUT2D eigenvalue weighted by Gasteiger charge is 2.27. The van der Waals surface area contributed by atoms with Crippen molar-refractivity contribution in [3.05, 3.63) is 0 Å². The average molecular weight is 199 g/mol. The maximum absolute atomic E-state index is 11.0. The van der Waals surface area contributed by atoms with Crippen LogP contribution in [0.1, 0.15) is 33.1 Å². The fourth-order valence-electron chi connectivity index (χ4n) is 1.23. The van der Waals surface area contributed by atoms with Crippen LogP contribution in [0.5, 0.6) is 0 Å². The Morgan fingerprint density at radius 1 is 1.64 bits per heavy atom. The predicted molar refractivity (Wildman–Crippen MR) is 51.2 cm³/mol. The van der Waals surface area contributed by atoms with E-state index in [9.17, 15) is 10.0 Å². The lowest BCUT2D eigenvalue weighted by Gasteiger charge is -2.26. The maximum atomic E-state index is 11.0. The SMILES string of the molecule is CCCC(C(N)=O)N(O)C(C#N)CC. The Morgan fingerprint density at radius 3 is 2.50 bits per heavy atom. The Morgan fingerprint density at radius 2 is 2.21 bits per heavy atom. The van der Waals surface area contributed by atoms with Crippen molar-refractivity contribution >= 4 is 5.91 Å². The van der Waals surface area contributed by atoms with Crippen LogP contribution in [0.4, 0.5) is 0 Å². The monoisotopic (exact) mass is 199 g/mol. The molecule has 0 aromatic carbocycles. The van der Waals surface area contributed by atoms with Crippen molar-refractivity contribution in [1.29, 1.82) is 5.26 Å². The molecule has 2 atom stereocenters. The molecule has 0 spiro atoms. The molecule has 0 aliphatic heterocycles. The number of hydroxylamine groups is 2. The lowest BCUT2D eigenvalue weighted by Crippen LogP contribution is -2.47. The first-order valence-electron chi connectivity index (χ1n) is 4.74. The summed E-state index contributed by atoms with van der Waals surface area (Å²) < 4.78 is 0. The highest BCUT2D eigenvalue weighted by molar-refractivity contribution is 5.79. The number of hydrogen-bond donors (Lipinski definition) is 2. The zero-order chi connectivity index (χ0) is 11.1. The molecule has 3 N–H and O–H groups in total. The molecule has 5 heteroatoms. The largest absolute Gasteiger partial charge is 0.368 e. The van der Waals surface area contributed by atoms with Gasteiger partial charge in [-0.2, -0.15) is 10.3 Å². The van der Waals surface area contributed by atoms with Crippen LogP contribution in [-0.4, -0.2) is 28.3 Å². The molecule has 14 heavy (non-hydrogen) atoms. The highest BCUT2D eigenvalue weighted by Crippen LogP contribution is 2.10. The van der Waals surface area contributed by atoms with E-state index in [4.69, 9.17) is 11.0 Å². The summed E-state index contributed by atoms with van der Waals surface area (Å²) in [7, 11) is 0. The van der Waals surface area contributed by atoms with Crippen LogP contribution in [0.3, 0.4) is 0 Å². The van der Waals surface area contributed by atoms with Gasteiger partial charge in [0.2, 0.25) is 5.91 Å². The molecule has 0 aliphatic carbocycles. The molecule has 0 radical (unpaired) electrons. The van der Waals surface area contributed by atoms with E-state index in [2.05, 4.69) is 0 Å². The zero-order valence-corrected chi connectivity index (χ0v) is 8.60. The number of carbonyl (C=O) groups is 1. The molecule has 0 rings (SSSR count). The predicted octanol–water partition coefficient (Wildman–Crippen LogP) is 0.634. The standard InChI is InChI=1S/C9H17N3O2/c1-3-5-8(9(11)13)12(14)7(4-2)6-10/h7-8,14H,3-5H2,1-2H3,(H2,11,13). The summed E-state index contributed by atoms with van der Waals surface area (Å²) in [6.45, 7) is 3.65. The van der Waals surface area contributed by atoms with E-state index < -0.39 is 18.0 Å². The highest BCUT2D eigenvalue weighted by atomic mass is 16.5. The van der Waals surface area contributed by atoms with Gasteiger partial charge in [-0.15, -0.1) is 0 Å². The van der Waals surface area contributed by atoms with E-state index in [1.807, 2.05) is 13.0 Å². The molecule has 2 unspecified atom stereocenters. The van der Waals surface area contributed by atoms with Crippen LogP contribution >= 0.6 is 0 Å². The van der Waals surface area contributed by atoms with Gasteiger partial charge in [-0.1, -0.05) is 20.3 Å². The van der Waals surface area contributed by atoms with E-state index in [-0.39, 0.29) is 0 Å². The third-order valence-electron chi connectivity index (χ3n) is 2.06. The number of hydrogen-bond acceptors (Lipinski definition) is 4. The third kappa shape index (κ3) is 3.32. The van der Waals surface area contributed by atoms with Crippen LogP contribution < -0.4 is 5.73 Å². The van der Waals surface area contributed by atoms with E-state index in [1.165, 1.54) is 0 Å². The number of nitrogens with zero attached hydrogens (tertiary/aromatic N) is 2. The van der Waals surface area contributed by atoms with Gasteiger partial charge >= 0.3 is 0 Å². The third-order valence-corrected chi connectivity index (χ3v) is 2.06. The van der Waals surface area contributed by atoms with Crippen molar-refractivity contribution in [3.8, 4) is 6.07 Å². The summed E-state index contributed by atoms with van der Waals surface area (Å²) in [6, 6.07) is 0.486. The number of amides is 1. The van der Waals surface area contributed by atoms with Gasteiger partial charge in [0.25, 0.3) is 0 Å². The molecule has 0 bridgehead atoms. The number of carbonyl (C=O) groups excluding carboxylic acids is 1. The van der Waals surface area contributed by atoms with Gasteiger partial charge in [-0.3, -0.25) is 4.79 Å². The summed E-state index contributed by atoms with van der Waals surface area (Å²) >= 11 is 0. The average Bonchev–Trinajstić information content (AvgIpc) is 2.15. The Bertz CT molecular complexity index is 225. The number of nitrogens with two attached hydrogens (primary N) is 1. The number of primary amides is 1. The van der Waals surface area contributed by atoms with E-state index >= 15 is 0 Å². The minimum Gasteiger partial charge on any atom is -0.368 e. The van der Waals surface area contributed by atoms with Crippen molar-refractivity contribution in [1.82, 2.24) is 5.06 Å². The Labute approximate surface area is 84.1 Å².